The van der Waals surface area contributed by atoms with Crippen LogP contribution in [-0.2, 0) is 29.2 Å². The third-order valence-electron chi connectivity index (χ3n) is 4.62. The summed E-state index contributed by atoms with van der Waals surface area (Å²) in [5.74, 6) is -1.37. The summed E-state index contributed by atoms with van der Waals surface area (Å²) >= 11 is 0. The van der Waals surface area contributed by atoms with Crippen molar-refractivity contribution >= 4 is 22.1 Å². The fourth-order valence-electron chi connectivity index (χ4n) is 3.64. The maximum atomic E-state index is 12.2. The van der Waals surface area contributed by atoms with Gasteiger partial charge in [0, 0.05) is 0 Å². The zero-order chi connectivity index (χ0) is 23.8. The second-order valence-electron chi connectivity index (χ2n) is 10.9. The van der Waals surface area contributed by atoms with Gasteiger partial charge in [0.15, 0.2) is 5.25 Å². The number of carbonyl (C=O) groups is 2. The molecule has 0 aromatic carbocycles. The van der Waals surface area contributed by atoms with Crippen LogP contribution in [0, 0.1) is 22.7 Å². The maximum absolute atomic E-state index is 12.2. The summed E-state index contributed by atoms with van der Waals surface area (Å²) in [5, 5.41) is -1.96. The van der Waals surface area contributed by atoms with Crippen LogP contribution in [-0.4, -0.2) is 43.4 Å². The first-order chi connectivity index (χ1) is 13.4. The molecule has 8 nitrogen and oxygen atoms in total. The van der Waals surface area contributed by atoms with E-state index < -0.39 is 33.7 Å². The fraction of sp³-hybridized carbons (Fsp3) is 0.909. The van der Waals surface area contributed by atoms with E-state index in [1.54, 1.807) is 0 Å². The van der Waals surface area contributed by atoms with Crippen LogP contribution < -0.4 is 6.15 Å². The standard InChI is InChI=1S/C22H42O7S.H3N/c1-16(14-21(3,4)5)9-11-28-19(23)13-18(30(25,26)27)20(24)29-12-10-17(2)15-22(6,7)8;/h16-18H,9-15H2,1-8H3,(H,25,26,27);1H3. The van der Waals surface area contributed by atoms with E-state index in [1.165, 1.54) is 0 Å². The van der Waals surface area contributed by atoms with E-state index in [0.717, 1.165) is 12.8 Å². The number of esters is 2. The van der Waals surface area contributed by atoms with Crippen molar-refractivity contribution in [3.05, 3.63) is 0 Å². The molecular formula is C22H45NO7S. The second-order valence-corrected chi connectivity index (χ2v) is 12.5. The van der Waals surface area contributed by atoms with Gasteiger partial charge < -0.3 is 15.6 Å². The van der Waals surface area contributed by atoms with Crippen molar-refractivity contribution in [3.63, 3.8) is 0 Å². The Morgan fingerprint density at radius 1 is 0.839 bits per heavy atom. The van der Waals surface area contributed by atoms with Crippen molar-refractivity contribution in [2.75, 3.05) is 13.2 Å². The van der Waals surface area contributed by atoms with Crippen LogP contribution >= 0.6 is 0 Å². The molecule has 0 heterocycles. The number of hydrogen-bond acceptors (Lipinski definition) is 7. The Bertz CT molecular complexity index is 648. The molecule has 3 unspecified atom stereocenters. The zero-order valence-electron chi connectivity index (χ0n) is 20.7. The highest BCUT2D eigenvalue weighted by atomic mass is 32.2. The maximum Gasteiger partial charge on any atom is 0.327 e. The lowest BCUT2D eigenvalue weighted by Crippen LogP contribution is -2.35. The van der Waals surface area contributed by atoms with E-state index in [2.05, 4.69) is 48.5 Å². The highest BCUT2D eigenvalue weighted by molar-refractivity contribution is 7.87. The molecule has 0 aromatic rings. The Kier molecular flexibility index (Phi) is 13.8. The molecule has 186 valence electrons. The summed E-state index contributed by atoms with van der Waals surface area (Å²) in [6.07, 6.45) is 2.32. The summed E-state index contributed by atoms with van der Waals surface area (Å²) in [5.41, 5.74) is 0.294. The number of carbonyl (C=O) groups excluding carboxylic acids is 2. The van der Waals surface area contributed by atoms with Gasteiger partial charge in [-0.25, -0.2) is 0 Å². The van der Waals surface area contributed by atoms with Gasteiger partial charge in [0.2, 0.25) is 0 Å². The molecule has 0 rings (SSSR count). The smallest absolute Gasteiger partial charge is 0.327 e. The van der Waals surface area contributed by atoms with E-state index in [1.807, 2.05) is 6.92 Å². The van der Waals surface area contributed by atoms with Crippen molar-refractivity contribution in [3.8, 4) is 0 Å². The Morgan fingerprint density at radius 2 is 1.23 bits per heavy atom. The second kappa shape index (κ2) is 13.4. The average molecular weight is 468 g/mol. The number of rotatable bonds is 12. The van der Waals surface area contributed by atoms with E-state index in [0.29, 0.717) is 18.8 Å². The molecule has 0 saturated heterocycles. The van der Waals surface area contributed by atoms with Crippen LogP contribution in [0.25, 0.3) is 0 Å². The molecule has 0 fully saturated rings. The summed E-state index contributed by atoms with van der Waals surface area (Å²) in [4.78, 5) is 24.2. The quantitative estimate of drug-likeness (QED) is 0.308. The van der Waals surface area contributed by atoms with Gasteiger partial charge in [-0.1, -0.05) is 55.4 Å². The third kappa shape index (κ3) is 17.1. The third-order valence-corrected chi connectivity index (χ3v) is 5.70. The van der Waals surface area contributed by atoms with Crippen molar-refractivity contribution < 1.29 is 32.0 Å². The fourth-order valence-corrected chi connectivity index (χ4v) is 4.30. The summed E-state index contributed by atoms with van der Waals surface area (Å²) in [6, 6.07) is 0. The molecule has 3 atom stereocenters. The monoisotopic (exact) mass is 467 g/mol. The van der Waals surface area contributed by atoms with Gasteiger partial charge in [0.1, 0.15) is 0 Å². The van der Waals surface area contributed by atoms with Crippen LogP contribution in [0.5, 0.6) is 0 Å². The van der Waals surface area contributed by atoms with Crippen molar-refractivity contribution in [1.82, 2.24) is 6.15 Å². The molecule has 0 bridgehead atoms. The predicted molar refractivity (Wildman–Crippen MR) is 123 cm³/mol. The Balaban J connectivity index is 0. The minimum atomic E-state index is -4.78. The van der Waals surface area contributed by atoms with Gasteiger partial charge in [-0.2, -0.15) is 8.42 Å². The normalized spacial score (nSPS) is 15.4. The highest BCUT2D eigenvalue weighted by Gasteiger charge is 2.35. The zero-order valence-corrected chi connectivity index (χ0v) is 21.5. The lowest BCUT2D eigenvalue weighted by atomic mass is 9.84. The Morgan fingerprint density at radius 3 is 1.58 bits per heavy atom. The molecule has 0 aliphatic carbocycles. The molecule has 0 spiro atoms. The predicted octanol–water partition coefficient (Wildman–Crippen LogP) is 4.81. The SMILES string of the molecule is CC(CCOC(=O)CC(C(=O)OCCC(C)CC(C)(C)C)S(=O)(=O)O)CC(C)(C)C.N. The first kappa shape index (κ1) is 32.0. The van der Waals surface area contributed by atoms with Gasteiger partial charge in [-0.05, 0) is 48.3 Å². The highest BCUT2D eigenvalue weighted by Crippen LogP contribution is 2.26. The molecule has 0 saturated carbocycles. The van der Waals surface area contributed by atoms with Crippen molar-refractivity contribution in [2.24, 2.45) is 22.7 Å². The Hall–Kier alpha value is -1.19. The number of hydrogen-bond donors (Lipinski definition) is 2. The van der Waals surface area contributed by atoms with E-state index in [4.69, 9.17) is 9.47 Å². The van der Waals surface area contributed by atoms with Gasteiger partial charge in [-0.3, -0.25) is 14.1 Å². The summed E-state index contributed by atoms with van der Waals surface area (Å²) in [6.45, 7) is 17.0. The Labute approximate surface area is 189 Å². The van der Waals surface area contributed by atoms with E-state index in [9.17, 15) is 22.6 Å². The molecule has 31 heavy (non-hydrogen) atoms. The molecule has 0 aliphatic heterocycles. The molecule has 9 heteroatoms. The van der Waals surface area contributed by atoms with E-state index in [-0.39, 0.29) is 36.1 Å². The van der Waals surface area contributed by atoms with Crippen molar-refractivity contribution in [1.29, 1.82) is 0 Å². The molecule has 0 amide bonds. The van der Waals surface area contributed by atoms with E-state index >= 15 is 0 Å². The average Bonchev–Trinajstić information content (AvgIpc) is 2.47. The van der Waals surface area contributed by atoms with Gasteiger partial charge in [0.25, 0.3) is 10.1 Å². The topological polar surface area (TPSA) is 142 Å². The molecule has 0 aromatic heterocycles. The number of ether oxygens (including phenoxy) is 2. The first-order valence-corrected chi connectivity index (χ1v) is 12.2. The minimum Gasteiger partial charge on any atom is -0.466 e. The van der Waals surface area contributed by atoms with Crippen LogP contribution in [0.15, 0.2) is 0 Å². The molecular weight excluding hydrogens is 422 g/mol. The van der Waals surface area contributed by atoms with Crippen LogP contribution in [0.1, 0.15) is 87.5 Å². The minimum absolute atomic E-state index is 0. The van der Waals surface area contributed by atoms with Gasteiger partial charge in [0.05, 0.1) is 19.6 Å². The van der Waals surface area contributed by atoms with Crippen LogP contribution in [0.3, 0.4) is 0 Å². The molecule has 0 radical (unpaired) electrons. The van der Waals surface area contributed by atoms with Gasteiger partial charge >= 0.3 is 11.9 Å². The summed E-state index contributed by atoms with van der Waals surface area (Å²) in [7, 11) is -4.78. The summed E-state index contributed by atoms with van der Waals surface area (Å²) < 4.78 is 42.6. The molecule has 0 aliphatic rings. The van der Waals surface area contributed by atoms with Crippen LogP contribution in [0.2, 0.25) is 0 Å². The van der Waals surface area contributed by atoms with Crippen LogP contribution in [0.4, 0.5) is 0 Å². The lowest BCUT2D eigenvalue weighted by molar-refractivity contribution is -0.150. The lowest BCUT2D eigenvalue weighted by Gasteiger charge is -2.23. The largest absolute Gasteiger partial charge is 0.466 e. The van der Waals surface area contributed by atoms with Gasteiger partial charge in [-0.15, -0.1) is 0 Å². The first-order valence-electron chi connectivity index (χ1n) is 10.7. The van der Waals surface area contributed by atoms with Crippen molar-refractivity contribution in [2.45, 2.75) is 92.7 Å². The molecule has 4 N–H and O–H groups in total.